The SMILES string of the molecule is CCN.Cc1cc(NC(=O)CNC=O)ccc1Cl.O=C(CCC(=O)N1CCC(c2ccccc2)C1)N1CCc2ccccc2C1. The van der Waals surface area contributed by atoms with Crippen LogP contribution < -0.4 is 16.4 Å². The second-order valence-corrected chi connectivity index (χ2v) is 11.4. The van der Waals surface area contributed by atoms with Crippen LogP contribution in [0.1, 0.15) is 54.4 Å². The Morgan fingerprint density at radius 2 is 1.58 bits per heavy atom. The van der Waals surface area contributed by atoms with E-state index >= 15 is 0 Å². The normalized spacial score (nSPS) is 15.0. The van der Waals surface area contributed by atoms with Crippen molar-refractivity contribution >= 4 is 41.4 Å². The Balaban J connectivity index is 0.000000260. The molecule has 2 heterocycles. The second kappa shape index (κ2) is 18.6. The third-order valence-electron chi connectivity index (χ3n) is 7.64. The fraction of sp³-hybridized carbons (Fsp3) is 0.371. The number of rotatable bonds is 8. The Bertz CT molecular complexity index is 1420. The predicted molar refractivity (Wildman–Crippen MR) is 179 cm³/mol. The van der Waals surface area contributed by atoms with Gasteiger partial charge in [0.05, 0.1) is 6.54 Å². The lowest BCUT2D eigenvalue weighted by Crippen LogP contribution is -2.37. The number of nitrogens with one attached hydrogen (secondary N) is 2. The van der Waals surface area contributed by atoms with E-state index in [4.69, 9.17) is 17.3 Å². The van der Waals surface area contributed by atoms with Gasteiger partial charge >= 0.3 is 0 Å². The van der Waals surface area contributed by atoms with Gasteiger partial charge in [-0.1, -0.05) is 73.1 Å². The predicted octanol–water partition coefficient (Wildman–Crippen LogP) is 4.67. The van der Waals surface area contributed by atoms with Crippen LogP contribution in [-0.2, 0) is 32.1 Å². The van der Waals surface area contributed by atoms with E-state index in [1.807, 2.05) is 41.8 Å². The maximum Gasteiger partial charge on any atom is 0.243 e. The first-order chi connectivity index (χ1) is 21.7. The van der Waals surface area contributed by atoms with Crippen molar-refractivity contribution in [2.45, 2.75) is 52.0 Å². The Kier molecular flexibility index (Phi) is 14.6. The number of benzene rings is 3. The van der Waals surface area contributed by atoms with Gasteiger partial charge in [-0.15, -0.1) is 0 Å². The molecule has 1 saturated heterocycles. The number of amides is 4. The number of anilines is 1. The van der Waals surface area contributed by atoms with Gasteiger partial charge in [0.15, 0.2) is 0 Å². The van der Waals surface area contributed by atoms with Gasteiger partial charge in [0.25, 0.3) is 0 Å². The highest BCUT2D eigenvalue weighted by atomic mass is 35.5. The summed E-state index contributed by atoms with van der Waals surface area (Å²) < 4.78 is 0. The van der Waals surface area contributed by atoms with E-state index in [1.54, 1.807) is 18.2 Å². The highest BCUT2D eigenvalue weighted by Crippen LogP contribution is 2.27. The molecule has 1 atom stereocenters. The first-order valence-corrected chi connectivity index (χ1v) is 15.7. The van der Waals surface area contributed by atoms with Gasteiger partial charge in [0.1, 0.15) is 0 Å². The van der Waals surface area contributed by atoms with Crippen LogP contribution in [0.5, 0.6) is 0 Å². The van der Waals surface area contributed by atoms with Gasteiger partial charge in [0.2, 0.25) is 24.1 Å². The fourth-order valence-corrected chi connectivity index (χ4v) is 5.40. The maximum absolute atomic E-state index is 12.6. The Morgan fingerprint density at radius 1 is 0.933 bits per heavy atom. The van der Waals surface area contributed by atoms with Gasteiger partial charge in [-0.2, -0.15) is 0 Å². The van der Waals surface area contributed by atoms with Gasteiger partial charge in [-0.05, 0) is 66.8 Å². The molecule has 4 N–H and O–H groups in total. The summed E-state index contributed by atoms with van der Waals surface area (Å²) in [6.45, 7) is 7.46. The molecule has 0 bridgehead atoms. The molecule has 0 aromatic heterocycles. The van der Waals surface area contributed by atoms with Crippen molar-refractivity contribution in [3.05, 3.63) is 100 Å². The zero-order chi connectivity index (χ0) is 32.6. The molecular weight excluding hydrogens is 590 g/mol. The molecule has 10 heteroatoms. The molecule has 0 aliphatic carbocycles. The Hall–Kier alpha value is -4.21. The molecular formula is C35H44ClN5O4. The Morgan fingerprint density at radius 3 is 2.24 bits per heavy atom. The smallest absolute Gasteiger partial charge is 0.243 e. The lowest BCUT2D eigenvalue weighted by atomic mass is 9.99. The van der Waals surface area contributed by atoms with Crippen molar-refractivity contribution < 1.29 is 19.2 Å². The zero-order valence-corrected chi connectivity index (χ0v) is 26.9. The Labute approximate surface area is 271 Å². The van der Waals surface area contributed by atoms with Crippen LogP contribution in [0.15, 0.2) is 72.8 Å². The number of likely N-dealkylation sites (tertiary alicyclic amines) is 1. The average Bonchev–Trinajstić information content (AvgIpc) is 3.56. The molecule has 4 amide bonds. The van der Waals surface area contributed by atoms with Crippen LogP contribution in [0.25, 0.3) is 0 Å². The molecule has 1 fully saturated rings. The number of nitrogens with two attached hydrogens (primary N) is 1. The number of fused-ring (bicyclic) bond motifs is 1. The number of hydrogen-bond acceptors (Lipinski definition) is 5. The number of carbonyl (C=O) groups excluding carboxylic acids is 4. The van der Waals surface area contributed by atoms with Crippen molar-refractivity contribution in [3.63, 3.8) is 0 Å². The van der Waals surface area contributed by atoms with Crippen molar-refractivity contribution in [1.29, 1.82) is 0 Å². The van der Waals surface area contributed by atoms with Gasteiger partial charge < -0.3 is 26.2 Å². The third kappa shape index (κ3) is 11.3. The molecule has 1 unspecified atom stereocenters. The van der Waals surface area contributed by atoms with E-state index in [9.17, 15) is 19.2 Å². The molecule has 0 radical (unpaired) electrons. The minimum atomic E-state index is -0.274. The molecule has 5 rings (SSSR count). The van der Waals surface area contributed by atoms with E-state index in [1.165, 1.54) is 16.7 Å². The molecule has 2 aliphatic rings. The van der Waals surface area contributed by atoms with E-state index in [2.05, 4.69) is 47.0 Å². The molecule has 0 spiro atoms. The summed E-state index contributed by atoms with van der Waals surface area (Å²) in [7, 11) is 0. The van der Waals surface area contributed by atoms with Crippen molar-refractivity contribution in [2.24, 2.45) is 5.73 Å². The summed E-state index contributed by atoms with van der Waals surface area (Å²) in [5.41, 5.74) is 10.3. The quantitative estimate of drug-likeness (QED) is 0.311. The number of hydrogen-bond donors (Lipinski definition) is 3. The monoisotopic (exact) mass is 633 g/mol. The first-order valence-electron chi connectivity index (χ1n) is 15.4. The molecule has 240 valence electrons. The van der Waals surface area contributed by atoms with E-state index in [0.717, 1.165) is 44.6 Å². The average molecular weight is 634 g/mol. The van der Waals surface area contributed by atoms with Crippen LogP contribution in [0, 0.1) is 6.92 Å². The summed E-state index contributed by atoms with van der Waals surface area (Å²) >= 11 is 5.83. The topological polar surface area (TPSA) is 125 Å². The third-order valence-corrected chi connectivity index (χ3v) is 8.06. The summed E-state index contributed by atoms with van der Waals surface area (Å²) in [6.07, 6.45) is 3.02. The molecule has 9 nitrogen and oxygen atoms in total. The molecule has 45 heavy (non-hydrogen) atoms. The van der Waals surface area contributed by atoms with E-state index in [-0.39, 0.29) is 24.3 Å². The van der Waals surface area contributed by atoms with E-state index < -0.39 is 0 Å². The van der Waals surface area contributed by atoms with E-state index in [0.29, 0.717) is 42.4 Å². The lowest BCUT2D eigenvalue weighted by molar-refractivity contribution is -0.137. The number of aryl methyl sites for hydroxylation is 1. The van der Waals surface area contributed by atoms with Crippen molar-refractivity contribution in [1.82, 2.24) is 15.1 Å². The van der Waals surface area contributed by atoms with Gasteiger partial charge in [-0.3, -0.25) is 19.2 Å². The second-order valence-electron chi connectivity index (χ2n) is 11.0. The van der Waals surface area contributed by atoms with Crippen LogP contribution >= 0.6 is 11.6 Å². The maximum atomic E-state index is 12.6. The summed E-state index contributed by atoms with van der Waals surface area (Å²) in [5.74, 6) is 0.351. The largest absolute Gasteiger partial charge is 0.350 e. The van der Waals surface area contributed by atoms with Crippen molar-refractivity contribution in [3.8, 4) is 0 Å². The lowest BCUT2D eigenvalue weighted by Gasteiger charge is -2.29. The highest BCUT2D eigenvalue weighted by Gasteiger charge is 2.28. The summed E-state index contributed by atoms with van der Waals surface area (Å²) in [6, 6.07) is 23.9. The van der Waals surface area contributed by atoms with Gasteiger partial charge in [-0.25, -0.2) is 0 Å². The molecule has 3 aromatic carbocycles. The first kappa shape index (κ1) is 35.3. The zero-order valence-electron chi connectivity index (χ0n) is 26.1. The van der Waals surface area contributed by atoms with Crippen molar-refractivity contribution in [2.75, 3.05) is 38.0 Å². The van der Waals surface area contributed by atoms with Crippen LogP contribution in [0.3, 0.4) is 0 Å². The minimum Gasteiger partial charge on any atom is -0.350 e. The fourth-order valence-electron chi connectivity index (χ4n) is 5.28. The highest BCUT2D eigenvalue weighted by molar-refractivity contribution is 6.31. The molecule has 2 aliphatic heterocycles. The van der Waals surface area contributed by atoms with Crippen LogP contribution in [0.2, 0.25) is 5.02 Å². The summed E-state index contributed by atoms with van der Waals surface area (Å²) in [4.78, 5) is 50.1. The van der Waals surface area contributed by atoms with Crippen LogP contribution in [0.4, 0.5) is 5.69 Å². The molecule has 0 saturated carbocycles. The summed E-state index contributed by atoms with van der Waals surface area (Å²) in [5, 5.41) is 5.55. The minimum absolute atomic E-state index is 0.0365. The molecule has 3 aromatic rings. The number of halogens is 1. The standard InChI is InChI=1S/C23H26N2O2.C10H11ClN2O2.C2H7N/c26-22(24-14-12-19-8-4-5-9-20(19)16-24)10-11-23(27)25-15-13-21(17-25)18-6-2-1-3-7-18;1-7-4-8(2-3-9(7)11)13-10(15)5-12-6-14;1-2-3/h1-9,21H,10-17H2;2-4,6H,5H2,1H3,(H,12,14)(H,13,15);2-3H2,1H3. The number of carbonyl (C=O) groups is 4. The number of nitrogens with zero attached hydrogens (tertiary/aromatic N) is 2. The van der Waals surface area contributed by atoms with Gasteiger partial charge in [0, 0.05) is 55.6 Å². The van der Waals surface area contributed by atoms with Crippen LogP contribution in [-0.4, -0.2) is 66.7 Å².